The highest BCUT2D eigenvalue weighted by Crippen LogP contribution is 2.33. The molecule has 4 rings (SSSR count). The molecule has 0 unspecified atom stereocenters. The maximum absolute atomic E-state index is 13.8. The summed E-state index contributed by atoms with van der Waals surface area (Å²) < 4.78 is 12.8. The topological polar surface area (TPSA) is 76.0 Å². The Bertz CT molecular complexity index is 1230. The van der Waals surface area contributed by atoms with E-state index < -0.39 is 0 Å². The van der Waals surface area contributed by atoms with Gasteiger partial charge in [0.25, 0.3) is 0 Å². The van der Waals surface area contributed by atoms with Gasteiger partial charge in [-0.05, 0) is 35.6 Å². The molecule has 3 aromatic rings. The highest BCUT2D eigenvalue weighted by atomic mass is 16.5. The van der Waals surface area contributed by atoms with E-state index in [0.717, 1.165) is 24.2 Å². The third kappa shape index (κ3) is 5.96. The molecule has 0 saturated heterocycles. The molecule has 1 aromatic heterocycles. The molecule has 0 saturated carbocycles. The lowest BCUT2D eigenvalue weighted by Gasteiger charge is -2.38. The van der Waals surface area contributed by atoms with Crippen LogP contribution >= 0.6 is 0 Å². The number of amides is 3. The van der Waals surface area contributed by atoms with Crippen molar-refractivity contribution in [3.63, 3.8) is 0 Å². The van der Waals surface area contributed by atoms with Crippen molar-refractivity contribution in [2.24, 2.45) is 0 Å². The molecule has 8 heteroatoms. The zero-order valence-corrected chi connectivity index (χ0v) is 22.9. The first-order valence-corrected chi connectivity index (χ1v) is 13.2. The number of carbonyl (C=O) groups excluding carboxylic acids is 2. The van der Waals surface area contributed by atoms with Crippen LogP contribution in [0.5, 0.6) is 11.5 Å². The van der Waals surface area contributed by atoms with Gasteiger partial charge in [-0.15, -0.1) is 0 Å². The van der Waals surface area contributed by atoms with Crippen LogP contribution in [0.25, 0.3) is 0 Å². The molecular formula is C30H38N4O4. The molecule has 1 aliphatic heterocycles. The van der Waals surface area contributed by atoms with Crippen LogP contribution in [0.2, 0.25) is 0 Å². The summed E-state index contributed by atoms with van der Waals surface area (Å²) in [6, 6.07) is 17.3. The Kier molecular flexibility index (Phi) is 8.61. The predicted octanol–water partition coefficient (Wildman–Crippen LogP) is 5.50. The second kappa shape index (κ2) is 12.1. The number of methoxy groups -OCH3 is 2. The number of nitrogens with one attached hydrogen (secondary N) is 1. The van der Waals surface area contributed by atoms with Gasteiger partial charge >= 0.3 is 6.03 Å². The number of urea groups is 1. The van der Waals surface area contributed by atoms with Crippen LogP contribution in [0.4, 0.5) is 10.5 Å². The van der Waals surface area contributed by atoms with E-state index in [1.54, 1.807) is 37.3 Å². The van der Waals surface area contributed by atoms with Crippen LogP contribution in [0.1, 0.15) is 56.0 Å². The number of ether oxygens (including phenoxy) is 2. The van der Waals surface area contributed by atoms with Gasteiger partial charge in [-0.2, -0.15) is 0 Å². The second-order valence-electron chi connectivity index (χ2n) is 9.89. The fourth-order valence-corrected chi connectivity index (χ4v) is 4.92. The average molecular weight is 519 g/mol. The van der Waals surface area contributed by atoms with E-state index in [1.165, 1.54) is 5.56 Å². The van der Waals surface area contributed by atoms with E-state index in [4.69, 9.17) is 9.47 Å². The molecule has 38 heavy (non-hydrogen) atoms. The van der Waals surface area contributed by atoms with Crippen LogP contribution in [0, 0.1) is 0 Å². The Morgan fingerprint density at radius 3 is 2.32 bits per heavy atom. The van der Waals surface area contributed by atoms with E-state index in [2.05, 4.69) is 60.3 Å². The van der Waals surface area contributed by atoms with E-state index in [9.17, 15) is 9.59 Å². The molecule has 1 N–H and O–H groups in total. The fourth-order valence-electron chi connectivity index (χ4n) is 4.92. The molecule has 1 aliphatic rings. The van der Waals surface area contributed by atoms with Gasteiger partial charge in [0.15, 0.2) is 0 Å². The van der Waals surface area contributed by atoms with Crippen molar-refractivity contribution in [1.29, 1.82) is 0 Å². The first kappa shape index (κ1) is 27.1. The van der Waals surface area contributed by atoms with Gasteiger partial charge < -0.3 is 29.2 Å². The van der Waals surface area contributed by atoms with E-state index in [-0.39, 0.29) is 24.5 Å². The Morgan fingerprint density at radius 1 is 1.03 bits per heavy atom. The Hall–Kier alpha value is -3.94. The summed E-state index contributed by atoms with van der Waals surface area (Å²) >= 11 is 0. The third-order valence-electron chi connectivity index (χ3n) is 6.99. The fraction of sp³-hybridized carbons (Fsp3) is 0.400. The lowest BCUT2D eigenvalue weighted by Crippen LogP contribution is -2.48. The van der Waals surface area contributed by atoms with Crippen molar-refractivity contribution in [2.75, 3.05) is 39.2 Å². The second-order valence-corrected chi connectivity index (χ2v) is 9.89. The number of carbonyl (C=O) groups is 2. The molecule has 2 heterocycles. The van der Waals surface area contributed by atoms with Crippen LogP contribution in [-0.4, -0.2) is 60.2 Å². The predicted molar refractivity (Wildman–Crippen MR) is 149 cm³/mol. The van der Waals surface area contributed by atoms with Crippen molar-refractivity contribution in [2.45, 2.75) is 45.7 Å². The first-order valence-electron chi connectivity index (χ1n) is 13.2. The molecule has 3 amide bonds. The van der Waals surface area contributed by atoms with Crippen LogP contribution in [-0.2, 0) is 11.3 Å². The van der Waals surface area contributed by atoms with Crippen molar-refractivity contribution in [3.8, 4) is 11.5 Å². The SMILES string of the molecule is CCCN(CC(=O)N1CCn2cccc2[C@@H]1c1ccc(C(C)C)cc1)C(=O)Nc1cc(OC)cc(OC)c1. The minimum Gasteiger partial charge on any atom is -0.497 e. The first-order chi connectivity index (χ1) is 18.3. The van der Waals surface area contributed by atoms with Crippen molar-refractivity contribution in [1.82, 2.24) is 14.4 Å². The summed E-state index contributed by atoms with van der Waals surface area (Å²) in [5.74, 6) is 1.49. The highest BCUT2D eigenvalue weighted by molar-refractivity contribution is 5.93. The molecule has 0 radical (unpaired) electrons. The third-order valence-corrected chi connectivity index (χ3v) is 6.99. The maximum atomic E-state index is 13.8. The number of nitrogens with zero attached hydrogens (tertiary/aromatic N) is 3. The van der Waals surface area contributed by atoms with E-state index >= 15 is 0 Å². The molecule has 202 valence electrons. The minimum absolute atomic E-state index is 0.0118. The molecule has 1 atom stereocenters. The molecule has 0 aliphatic carbocycles. The number of aromatic nitrogens is 1. The number of rotatable bonds is 9. The van der Waals surface area contributed by atoms with Crippen molar-refractivity contribution >= 4 is 17.6 Å². The lowest BCUT2D eigenvalue weighted by molar-refractivity contribution is -0.134. The van der Waals surface area contributed by atoms with Gasteiger partial charge in [0.2, 0.25) is 5.91 Å². The number of hydrogen-bond donors (Lipinski definition) is 1. The van der Waals surface area contributed by atoms with Gasteiger partial charge in [0.1, 0.15) is 18.0 Å². The molecule has 8 nitrogen and oxygen atoms in total. The summed E-state index contributed by atoms with van der Waals surface area (Å²) in [7, 11) is 3.12. The van der Waals surface area contributed by atoms with Gasteiger partial charge in [-0.1, -0.05) is 45.0 Å². The van der Waals surface area contributed by atoms with Crippen molar-refractivity contribution in [3.05, 3.63) is 77.6 Å². The molecule has 2 aromatic carbocycles. The summed E-state index contributed by atoms with van der Waals surface area (Å²) in [5.41, 5.74) is 3.95. The van der Waals surface area contributed by atoms with Crippen LogP contribution in [0.15, 0.2) is 60.8 Å². The Morgan fingerprint density at radius 2 is 1.71 bits per heavy atom. The smallest absolute Gasteiger partial charge is 0.322 e. The molecule has 0 spiro atoms. The number of hydrogen-bond acceptors (Lipinski definition) is 4. The zero-order chi connectivity index (χ0) is 27.2. The average Bonchev–Trinajstić information content (AvgIpc) is 3.41. The van der Waals surface area contributed by atoms with Gasteiger partial charge in [-0.3, -0.25) is 4.79 Å². The highest BCUT2D eigenvalue weighted by Gasteiger charge is 2.33. The summed E-state index contributed by atoms with van der Waals surface area (Å²) in [5, 5.41) is 2.91. The number of benzene rings is 2. The van der Waals surface area contributed by atoms with Gasteiger partial charge in [0, 0.05) is 55.4 Å². The van der Waals surface area contributed by atoms with Gasteiger partial charge in [0.05, 0.1) is 20.3 Å². The molecule has 0 fully saturated rings. The maximum Gasteiger partial charge on any atom is 0.322 e. The normalized spacial score (nSPS) is 14.7. The standard InChI is InChI=1S/C30H38N4O4/c1-6-13-33(30(36)31-24-17-25(37-4)19-26(18-24)38-5)20-28(35)34-16-15-32-14-7-8-27(32)29(34)23-11-9-22(10-12-23)21(2)3/h7-12,14,17-19,21,29H,6,13,15-16,20H2,1-5H3,(H,31,36)/t29-/m0/s1. The van der Waals surface area contributed by atoms with E-state index in [0.29, 0.717) is 36.2 Å². The zero-order valence-electron chi connectivity index (χ0n) is 22.9. The van der Waals surface area contributed by atoms with Gasteiger partial charge in [-0.25, -0.2) is 4.79 Å². The summed E-state index contributed by atoms with van der Waals surface area (Å²) in [6.45, 7) is 8.08. The largest absolute Gasteiger partial charge is 0.497 e. The minimum atomic E-state index is -0.339. The number of fused-ring (bicyclic) bond motifs is 1. The Balaban J connectivity index is 1.55. The monoisotopic (exact) mass is 518 g/mol. The van der Waals surface area contributed by atoms with Crippen molar-refractivity contribution < 1.29 is 19.1 Å². The van der Waals surface area contributed by atoms with E-state index in [1.807, 2.05) is 17.9 Å². The molecule has 0 bridgehead atoms. The number of anilines is 1. The Labute approximate surface area is 225 Å². The summed E-state index contributed by atoms with van der Waals surface area (Å²) in [4.78, 5) is 30.6. The lowest BCUT2D eigenvalue weighted by atomic mass is 9.95. The summed E-state index contributed by atoms with van der Waals surface area (Å²) in [6.07, 6.45) is 2.79. The molecular weight excluding hydrogens is 480 g/mol. The van der Waals surface area contributed by atoms with Crippen LogP contribution in [0.3, 0.4) is 0 Å². The quantitative estimate of drug-likeness (QED) is 0.406. The van der Waals surface area contributed by atoms with Crippen LogP contribution < -0.4 is 14.8 Å².